The number of hydrogen-bond acceptors (Lipinski definition) is 3. The fraction of sp³-hybridized carbons (Fsp3) is 0.375. The van der Waals surface area contributed by atoms with E-state index in [4.69, 9.17) is 5.73 Å². The van der Waals surface area contributed by atoms with E-state index in [2.05, 4.69) is 10.3 Å². The summed E-state index contributed by atoms with van der Waals surface area (Å²) in [4.78, 5) is 16.7. The number of carbonyl (C=O) groups is 1. The number of fused-ring (bicyclic) bond motifs is 1. The normalized spacial score (nSPS) is 14.0. The SMILES string of the molecule is CCC(C)[C@H](N)C(=O)Nc1cccc2ccc(C)nc12. The molecule has 0 aliphatic carbocycles. The number of hydrogen-bond donors (Lipinski definition) is 2. The van der Waals surface area contributed by atoms with E-state index in [0.717, 1.165) is 28.7 Å². The molecule has 1 heterocycles. The third-order valence-corrected chi connectivity index (χ3v) is 3.68. The molecule has 3 N–H and O–H groups in total. The molecule has 0 saturated heterocycles. The van der Waals surface area contributed by atoms with Crippen LogP contribution >= 0.6 is 0 Å². The van der Waals surface area contributed by atoms with Crippen molar-refractivity contribution < 1.29 is 4.79 Å². The number of aryl methyl sites for hydroxylation is 1. The van der Waals surface area contributed by atoms with E-state index >= 15 is 0 Å². The van der Waals surface area contributed by atoms with Crippen LogP contribution in [0.3, 0.4) is 0 Å². The zero-order chi connectivity index (χ0) is 14.7. The first-order chi connectivity index (χ1) is 9.52. The maximum atomic E-state index is 12.2. The molecule has 1 amide bonds. The summed E-state index contributed by atoms with van der Waals surface area (Å²) in [6.45, 7) is 5.94. The number of nitrogens with two attached hydrogens (primary N) is 1. The maximum absolute atomic E-state index is 12.2. The second kappa shape index (κ2) is 6.01. The lowest BCUT2D eigenvalue weighted by Gasteiger charge is -2.18. The number of rotatable bonds is 4. The molecule has 20 heavy (non-hydrogen) atoms. The maximum Gasteiger partial charge on any atom is 0.241 e. The van der Waals surface area contributed by atoms with Crippen molar-refractivity contribution in [3.8, 4) is 0 Å². The molecule has 0 bridgehead atoms. The molecule has 0 aliphatic heterocycles. The van der Waals surface area contributed by atoms with E-state index in [0.29, 0.717) is 0 Å². The van der Waals surface area contributed by atoms with Crippen LogP contribution in [0.25, 0.3) is 10.9 Å². The molecule has 1 aromatic heterocycles. The van der Waals surface area contributed by atoms with Crippen LogP contribution in [0.1, 0.15) is 26.0 Å². The number of amides is 1. The molecule has 0 saturated carbocycles. The molecule has 1 aromatic carbocycles. The molecule has 1 unspecified atom stereocenters. The first-order valence-corrected chi connectivity index (χ1v) is 6.95. The van der Waals surface area contributed by atoms with E-state index in [9.17, 15) is 4.79 Å². The van der Waals surface area contributed by atoms with Gasteiger partial charge in [0.25, 0.3) is 0 Å². The monoisotopic (exact) mass is 271 g/mol. The number of anilines is 1. The van der Waals surface area contributed by atoms with Crippen molar-refractivity contribution in [1.29, 1.82) is 0 Å². The third-order valence-electron chi connectivity index (χ3n) is 3.68. The number of nitrogens with zero attached hydrogens (tertiary/aromatic N) is 1. The summed E-state index contributed by atoms with van der Waals surface area (Å²) in [5.41, 5.74) is 8.40. The second-order valence-electron chi connectivity index (χ2n) is 5.23. The van der Waals surface area contributed by atoms with E-state index in [1.165, 1.54) is 0 Å². The number of aromatic nitrogens is 1. The van der Waals surface area contributed by atoms with E-state index in [1.807, 2.05) is 51.1 Å². The number of benzene rings is 1. The molecule has 0 aliphatic rings. The van der Waals surface area contributed by atoms with Gasteiger partial charge in [-0.2, -0.15) is 0 Å². The minimum Gasteiger partial charge on any atom is -0.323 e. The Morgan fingerprint density at radius 3 is 2.80 bits per heavy atom. The molecule has 2 atom stereocenters. The highest BCUT2D eigenvalue weighted by molar-refractivity contribution is 6.02. The molecule has 0 fully saturated rings. The van der Waals surface area contributed by atoms with Crippen LogP contribution in [0, 0.1) is 12.8 Å². The molecule has 4 nitrogen and oxygen atoms in total. The smallest absolute Gasteiger partial charge is 0.241 e. The van der Waals surface area contributed by atoms with Gasteiger partial charge in [0.2, 0.25) is 5.91 Å². The highest BCUT2D eigenvalue weighted by Gasteiger charge is 2.20. The average Bonchev–Trinajstić information content (AvgIpc) is 2.46. The Bertz CT molecular complexity index is 624. The second-order valence-corrected chi connectivity index (χ2v) is 5.23. The van der Waals surface area contributed by atoms with Gasteiger partial charge in [-0.1, -0.05) is 38.5 Å². The van der Waals surface area contributed by atoms with E-state index in [-0.39, 0.29) is 11.8 Å². The van der Waals surface area contributed by atoms with Gasteiger partial charge in [-0.05, 0) is 25.0 Å². The Morgan fingerprint density at radius 2 is 2.10 bits per heavy atom. The first-order valence-electron chi connectivity index (χ1n) is 6.95. The van der Waals surface area contributed by atoms with Gasteiger partial charge in [-0.3, -0.25) is 9.78 Å². The molecular formula is C16H21N3O. The van der Waals surface area contributed by atoms with Crippen LogP contribution in [-0.2, 0) is 4.79 Å². The first kappa shape index (κ1) is 14.5. The fourth-order valence-corrected chi connectivity index (χ4v) is 2.07. The molecule has 2 rings (SSSR count). The van der Waals surface area contributed by atoms with Gasteiger partial charge in [-0.25, -0.2) is 0 Å². The summed E-state index contributed by atoms with van der Waals surface area (Å²) in [5, 5.41) is 3.91. The summed E-state index contributed by atoms with van der Waals surface area (Å²) < 4.78 is 0. The Hall–Kier alpha value is -1.94. The molecule has 4 heteroatoms. The largest absolute Gasteiger partial charge is 0.323 e. The Labute approximate surface area is 119 Å². The van der Waals surface area contributed by atoms with Crippen LogP contribution in [0.5, 0.6) is 0 Å². The van der Waals surface area contributed by atoms with Crippen molar-refractivity contribution >= 4 is 22.5 Å². The summed E-state index contributed by atoms with van der Waals surface area (Å²) in [5.74, 6) is -0.00479. The predicted molar refractivity (Wildman–Crippen MR) is 82.5 cm³/mol. The van der Waals surface area contributed by atoms with Gasteiger partial charge < -0.3 is 11.1 Å². The lowest BCUT2D eigenvalue weighted by Crippen LogP contribution is -2.40. The standard InChI is InChI=1S/C16H21N3O/c1-4-10(2)14(17)16(20)19-13-7-5-6-12-9-8-11(3)18-15(12)13/h5-10,14H,4,17H2,1-3H3,(H,19,20)/t10?,14-/m0/s1. The van der Waals surface area contributed by atoms with Crippen LogP contribution in [-0.4, -0.2) is 16.9 Å². The molecule has 0 radical (unpaired) electrons. The third kappa shape index (κ3) is 2.96. The molecule has 0 spiro atoms. The fourth-order valence-electron chi connectivity index (χ4n) is 2.07. The van der Waals surface area contributed by atoms with Crippen molar-refractivity contribution in [2.45, 2.75) is 33.2 Å². The van der Waals surface area contributed by atoms with Crippen LogP contribution < -0.4 is 11.1 Å². The quantitative estimate of drug-likeness (QED) is 0.898. The molecule has 2 aromatic rings. The Morgan fingerprint density at radius 1 is 1.35 bits per heavy atom. The van der Waals surface area contributed by atoms with Gasteiger partial charge in [0.1, 0.15) is 0 Å². The van der Waals surface area contributed by atoms with Crippen molar-refractivity contribution in [2.24, 2.45) is 11.7 Å². The summed E-state index contributed by atoms with van der Waals surface area (Å²) in [6.07, 6.45) is 0.876. The van der Waals surface area contributed by atoms with Crippen molar-refractivity contribution in [3.05, 3.63) is 36.0 Å². The summed E-state index contributed by atoms with van der Waals surface area (Å²) >= 11 is 0. The van der Waals surface area contributed by atoms with E-state index < -0.39 is 6.04 Å². The Kier molecular flexibility index (Phi) is 4.35. The number of pyridine rings is 1. The number of para-hydroxylation sites is 1. The molecular weight excluding hydrogens is 250 g/mol. The summed E-state index contributed by atoms with van der Waals surface area (Å²) in [6, 6.07) is 9.20. The topological polar surface area (TPSA) is 68.0 Å². The summed E-state index contributed by atoms with van der Waals surface area (Å²) in [7, 11) is 0. The minimum absolute atomic E-state index is 0.152. The molecule has 106 valence electrons. The van der Waals surface area contributed by atoms with Crippen molar-refractivity contribution in [3.63, 3.8) is 0 Å². The highest BCUT2D eigenvalue weighted by Crippen LogP contribution is 2.22. The van der Waals surface area contributed by atoms with Gasteiger partial charge in [0, 0.05) is 11.1 Å². The van der Waals surface area contributed by atoms with Crippen LogP contribution in [0.4, 0.5) is 5.69 Å². The van der Waals surface area contributed by atoms with E-state index in [1.54, 1.807) is 0 Å². The lowest BCUT2D eigenvalue weighted by molar-refractivity contribution is -0.118. The zero-order valence-corrected chi connectivity index (χ0v) is 12.2. The number of nitrogens with one attached hydrogen (secondary N) is 1. The zero-order valence-electron chi connectivity index (χ0n) is 12.2. The van der Waals surface area contributed by atoms with Crippen molar-refractivity contribution in [2.75, 3.05) is 5.32 Å². The predicted octanol–water partition coefficient (Wildman–Crippen LogP) is 2.86. The average molecular weight is 271 g/mol. The highest BCUT2D eigenvalue weighted by atomic mass is 16.2. The van der Waals surface area contributed by atoms with Gasteiger partial charge in [0.05, 0.1) is 17.2 Å². The van der Waals surface area contributed by atoms with Crippen LogP contribution in [0.15, 0.2) is 30.3 Å². The van der Waals surface area contributed by atoms with Gasteiger partial charge >= 0.3 is 0 Å². The van der Waals surface area contributed by atoms with Gasteiger partial charge in [-0.15, -0.1) is 0 Å². The Balaban J connectivity index is 2.30. The lowest BCUT2D eigenvalue weighted by atomic mass is 9.99. The van der Waals surface area contributed by atoms with Gasteiger partial charge in [0.15, 0.2) is 0 Å². The number of carbonyl (C=O) groups excluding carboxylic acids is 1. The minimum atomic E-state index is -0.500. The van der Waals surface area contributed by atoms with Crippen LogP contribution in [0.2, 0.25) is 0 Å². The van der Waals surface area contributed by atoms with Crippen molar-refractivity contribution in [1.82, 2.24) is 4.98 Å².